The SMILES string of the molecule is c1ccc(-c2cccc(-c3nc(-c4ccccc4)nc(-n4c5ccccc5c5ccc6c7ccc8c9ccccc9n(-c9cccc(-c%10ccccc%10)c9)c8c7oc6c54)n3)c2)cc1. The second-order valence-electron chi connectivity index (χ2n) is 16.0. The Labute approximate surface area is 361 Å². The second-order valence-corrected chi connectivity index (χ2v) is 16.0. The van der Waals surface area contributed by atoms with E-state index in [0.29, 0.717) is 17.6 Å². The van der Waals surface area contributed by atoms with Gasteiger partial charge in [-0.25, -0.2) is 4.98 Å². The van der Waals surface area contributed by atoms with Crippen LogP contribution in [0, 0.1) is 0 Å². The number of hydrogen-bond donors (Lipinski definition) is 0. The zero-order chi connectivity index (χ0) is 41.4. The molecule has 4 aromatic heterocycles. The molecule has 294 valence electrons. The zero-order valence-corrected chi connectivity index (χ0v) is 33.9. The smallest absolute Gasteiger partial charge is 0.238 e. The third-order valence-electron chi connectivity index (χ3n) is 12.4. The van der Waals surface area contributed by atoms with Gasteiger partial charge in [0.15, 0.2) is 22.8 Å². The van der Waals surface area contributed by atoms with Crippen LogP contribution in [0.3, 0.4) is 0 Å². The van der Waals surface area contributed by atoms with Crippen molar-refractivity contribution in [3.63, 3.8) is 0 Å². The topological polar surface area (TPSA) is 61.7 Å². The van der Waals surface area contributed by atoms with E-state index in [0.717, 1.165) is 93.7 Å². The van der Waals surface area contributed by atoms with Crippen LogP contribution in [0.4, 0.5) is 0 Å². The molecule has 0 aliphatic heterocycles. The molecule has 0 atom stereocenters. The van der Waals surface area contributed by atoms with Gasteiger partial charge in [0.2, 0.25) is 5.95 Å². The van der Waals surface area contributed by atoms with Gasteiger partial charge < -0.3 is 8.98 Å². The minimum absolute atomic E-state index is 0.514. The first-order chi connectivity index (χ1) is 31.2. The molecule has 0 unspecified atom stereocenters. The van der Waals surface area contributed by atoms with E-state index in [2.05, 4.69) is 185 Å². The van der Waals surface area contributed by atoms with Gasteiger partial charge in [-0.3, -0.25) is 4.57 Å². The van der Waals surface area contributed by atoms with Crippen LogP contribution in [0.25, 0.3) is 122 Å². The van der Waals surface area contributed by atoms with Crippen LogP contribution in [-0.2, 0) is 0 Å². The zero-order valence-electron chi connectivity index (χ0n) is 33.9. The van der Waals surface area contributed by atoms with Gasteiger partial charge in [-0.05, 0) is 64.7 Å². The van der Waals surface area contributed by atoms with Crippen molar-refractivity contribution in [1.82, 2.24) is 24.1 Å². The normalized spacial score (nSPS) is 11.8. The van der Waals surface area contributed by atoms with Crippen molar-refractivity contribution in [3.8, 4) is 56.7 Å². The summed E-state index contributed by atoms with van der Waals surface area (Å²) in [7, 11) is 0. The lowest BCUT2D eigenvalue weighted by Gasteiger charge is -2.11. The molecule has 13 rings (SSSR count). The van der Waals surface area contributed by atoms with E-state index < -0.39 is 0 Å². The molecule has 0 N–H and O–H groups in total. The van der Waals surface area contributed by atoms with Crippen LogP contribution in [0.5, 0.6) is 0 Å². The van der Waals surface area contributed by atoms with Gasteiger partial charge in [-0.15, -0.1) is 0 Å². The van der Waals surface area contributed by atoms with Crippen LogP contribution >= 0.6 is 0 Å². The highest BCUT2D eigenvalue weighted by molar-refractivity contribution is 6.26. The van der Waals surface area contributed by atoms with Crippen LogP contribution < -0.4 is 0 Å². The molecule has 0 bridgehead atoms. The Morgan fingerprint density at radius 1 is 0.302 bits per heavy atom. The lowest BCUT2D eigenvalue weighted by molar-refractivity contribution is 0.673. The Kier molecular flexibility index (Phi) is 7.80. The third-order valence-corrected chi connectivity index (χ3v) is 12.4. The number of fused-ring (bicyclic) bond motifs is 11. The number of furan rings is 1. The van der Waals surface area contributed by atoms with Crippen molar-refractivity contribution in [2.24, 2.45) is 0 Å². The van der Waals surface area contributed by atoms with Gasteiger partial charge in [0.05, 0.1) is 16.6 Å². The van der Waals surface area contributed by atoms with Crippen LogP contribution in [0.2, 0.25) is 0 Å². The van der Waals surface area contributed by atoms with E-state index in [1.54, 1.807) is 0 Å². The number of benzene rings is 9. The van der Waals surface area contributed by atoms with Crippen molar-refractivity contribution < 1.29 is 4.42 Å². The maximum atomic E-state index is 7.36. The molecular formula is C57H35N5O. The molecule has 0 aliphatic rings. The van der Waals surface area contributed by atoms with Crippen molar-refractivity contribution in [3.05, 3.63) is 212 Å². The van der Waals surface area contributed by atoms with E-state index in [-0.39, 0.29) is 0 Å². The van der Waals surface area contributed by atoms with Crippen molar-refractivity contribution in [2.45, 2.75) is 0 Å². The number of para-hydroxylation sites is 2. The van der Waals surface area contributed by atoms with Crippen molar-refractivity contribution in [2.75, 3.05) is 0 Å². The molecule has 13 aromatic rings. The lowest BCUT2D eigenvalue weighted by atomic mass is 10.0. The number of rotatable bonds is 6. The fraction of sp³-hybridized carbons (Fsp3) is 0. The monoisotopic (exact) mass is 805 g/mol. The average Bonchev–Trinajstić information content (AvgIpc) is 4.03. The standard InChI is InChI=1S/C57H35N5O/c1-4-16-36(17-5-1)39-22-14-24-41(34-39)56-58-55(38-20-8-3-9-21-38)59-57(60-56)62-50-29-13-11-27-44(50)46-31-33-48-47-32-30-45-43-26-10-12-28-49(43)61(51(45)53(47)63-54(48)52(46)62)42-25-15-23-40(35-42)37-18-6-2-7-19-37/h1-35H. The van der Waals surface area contributed by atoms with E-state index >= 15 is 0 Å². The summed E-state index contributed by atoms with van der Waals surface area (Å²) in [6, 6.07) is 74.3. The minimum atomic E-state index is 0.514. The Hall–Kier alpha value is -8.61. The number of hydrogen-bond acceptors (Lipinski definition) is 4. The van der Waals surface area contributed by atoms with E-state index in [1.165, 1.54) is 10.9 Å². The van der Waals surface area contributed by atoms with Crippen LogP contribution in [-0.4, -0.2) is 24.1 Å². The first-order valence-corrected chi connectivity index (χ1v) is 21.2. The molecule has 0 amide bonds. The van der Waals surface area contributed by atoms with Crippen LogP contribution in [0.15, 0.2) is 217 Å². The second kappa shape index (κ2) is 14.0. The molecule has 4 heterocycles. The number of aromatic nitrogens is 5. The highest BCUT2D eigenvalue weighted by atomic mass is 16.3. The maximum Gasteiger partial charge on any atom is 0.238 e. The molecule has 6 nitrogen and oxygen atoms in total. The lowest BCUT2D eigenvalue weighted by Crippen LogP contribution is -2.06. The third kappa shape index (κ3) is 5.55. The Morgan fingerprint density at radius 2 is 0.746 bits per heavy atom. The van der Waals surface area contributed by atoms with E-state index in [9.17, 15) is 0 Å². The molecule has 6 heteroatoms. The molecule has 0 aliphatic carbocycles. The number of nitrogens with zero attached hydrogens (tertiary/aromatic N) is 5. The summed E-state index contributed by atoms with van der Waals surface area (Å²) in [5, 5.41) is 6.50. The summed E-state index contributed by atoms with van der Waals surface area (Å²) in [6.45, 7) is 0. The van der Waals surface area contributed by atoms with Gasteiger partial charge >= 0.3 is 0 Å². The van der Waals surface area contributed by atoms with Crippen molar-refractivity contribution in [1.29, 1.82) is 0 Å². The predicted molar refractivity (Wildman–Crippen MR) is 258 cm³/mol. The molecule has 0 saturated carbocycles. The quantitative estimate of drug-likeness (QED) is 0.168. The minimum Gasteiger partial charge on any atom is -0.452 e. The summed E-state index contributed by atoms with van der Waals surface area (Å²) in [4.78, 5) is 15.7. The van der Waals surface area contributed by atoms with Gasteiger partial charge in [0, 0.05) is 49.1 Å². The predicted octanol–water partition coefficient (Wildman–Crippen LogP) is 14.6. The first kappa shape index (κ1) is 35.2. The molecule has 0 spiro atoms. The highest BCUT2D eigenvalue weighted by Crippen LogP contribution is 2.44. The molecule has 63 heavy (non-hydrogen) atoms. The molecule has 0 radical (unpaired) electrons. The van der Waals surface area contributed by atoms with E-state index in [1.807, 2.05) is 36.4 Å². The van der Waals surface area contributed by atoms with Crippen molar-refractivity contribution >= 4 is 65.6 Å². The van der Waals surface area contributed by atoms with Gasteiger partial charge in [0.1, 0.15) is 5.52 Å². The van der Waals surface area contributed by atoms with Gasteiger partial charge in [-0.1, -0.05) is 170 Å². The Morgan fingerprint density at radius 3 is 1.37 bits per heavy atom. The Bertz CT molecular complexity index is 3900. The summed E-state index contributed by atoms with van der Waals surface area (Å²) in [6.07, 6.45) is 0. The average molecular weight is 806 g/mol. The fourth-order valence-electron chi connectivity index (χ4n) is 9.50. The van der Waals surface area contributed by atoms with E-state index in [4.69, 9.17) is 19.4 Å². The molecule has 9 aromatic carbocycles. The van der Waals surface area contributed by atoms with Gasteiger partial charge in [-0.2, -0.15) is 9.97 Å². The maximum absolute atomic E-state index is 7.36. The summed E-state index contributed by atoms with van der Waals surface area (Å²) in [5.41, 5.74) is 13.0. The molecule has 0 saturated heterocycles. The molecular weight excluding hydrogens is 771 g/mol. The van der Waals surface area contributed by atoms with Gasteiger partial charge in [0.25, 0.3) is 0 Å². The molecule has 0 fully saturated rings. The van der Waals surface area contributed by atoms with Crippen LogP contribution in [0.1, 0.15) is 0 Å². The summed E-state index contributed by atoms with van der Waals surface area (Å²) < 4.78 is 11.9. The Balaban J connectivity index is 1.10. The fourth-order valence-corrected chi connectivity index (χ4v) is 9.50. The first-order valence-electron chi connectivity index (χ1n) is 21.2. The largest absolute Gasteiger partial charge is 0.452 e. The highest BCUT2D eigenvalue weighted by Gasteiger charge is 2.25. The summed E-state index contributed by atoms with van der Waals surface area (Å²) in [5.74, 6) is 1.69. The summed E-state index contributed by atoms with van der Waals surface area (Å²) >= 11 is 0.